The Morgan fingerprint density at radius 3 is 2.50 bits per heavy atom. The summed E-state index contributed by atoms with van der Waals surface area (Å²) in [6.07, 6.45) is 3.13. The molecule has 0 bridgehead atoms. The molecule has 0 aliphatic heterocycles. The predicted octanol–water partition coefficient (Wildman–Crippen LogP) is 3.08. The van der Waals surface area contributed by atoms with E-state index in [1.54, 1.807) is 7.11 Å². The molecule has 148 valence electrons. The Labute approximate surface area is 173 Å². The van der Waals surface area contributed by atoms with Crippen LogP contribution >= 0.6 is 24.0 Å². The minimum absolute atomic E-state index is 0. The van der Waals surface area contributed by atoms with Crippen LogP contribution in [0, 0.1) is 5.82 Å². The second-order valence-corrected chi connectivity index (χ2v) is 6.37. The standard InChI is InChI=1S/C19H30FN3O2.HI/c1-3-21-18(22-11-4-12-25-14-13-24-2)23-15-19(9-10-19)16-5-7-17(20)8-6-16;/h5-8H,3-4,9-15H2,1-2H3,(H2,21,22,23);1H. The van der Waals surface area contributed by atoms with E-state index < -0.39 is 0 Å². The normalized spacial score (nSPS) is 15.3. The topological polar surface area (TPSA) is 54.9 Å². The lowest BCUT2D eigenvalue weighted by Crippen LogP contribution is -2.38. The molecule has 7 heteroatoms. The smallest absolute Gasteiger partial charge is 0.191 e. The van der Waals surface area contributed by atoms with E-state index in [2.05, 4.69) is 17.6 Å². The zero-order chi connectivity index (χ0) is 18.0. The van der Waals surface area contributed by atoms with Crippen molar-refractivity contribution in [1.82, 2.24) is 10.6 Å². The van der Waals surface area contributed by atoms with E-state index in [1.807, 2.05) is 12.1 Å². The molecule has 0 amide bonds. The molecule has 1 aliphatic rings. The van der Waals surface area contributed by atoms with Crippen molar-refractivity contribution in [2.24, 2.45) is 4.99 Å². The monoisotopic (exact) mass is 479 g/mol. The van der Waals surface area contributed by atoms with Crippen LogP contribution in [0.5, 0.6) is 0 Å². The summed E-state index contributed by atoms with van der Waals surface area (Å²) in [5.74, 6) is 0.638. The van der Waals surface area contributed by atoms with Crippen molar-refractivity contribution >= 4 is 29.9 Å². The van der Waals surface area contributed by atoms with Gasteiger partial charge >= 0.3 is 0 Å². The van der Waals surface area contributed by atoms with Crippen LogP contribution in [-0.2, 0) is 14.9 Å². The molecule has 2 N–H and O–H groups in total. The molecular formula is C19H31FIN3O2. The summed E-state index contributed by atoms with van der Waals surface area (Å²) in [4.78, 5) is 4.73. The summed E-state index contributed by atoms with van der Waals surface area (Å²) in [6, 6.07) is 6.84. The third-order valence-electron chi connectivity index (χ3n) is 4.38. The van der Waals surface area contributed by atoms with E-state index in [9.17, 15) is 4.39 Å². The number of guanidine groups is 1. The van der Waals surface area contributed by atoms with Gasteiger partial charge in [-0.3, -0.25) is 4.99 Å². The van der Waals surface area contributed by atoms with Crippen molar-refractivity contribution in [2.75, 3.05) is 46.6 Å². The molecular weight excluding hydrogens is 448 g/mol. The second-order valence-electron chi connectivity index (χ2n) is 6.37. The molecule has 0 radical (unpaired) electrons. The van der Waals surface area contributed by atoms with Gasteiger partial charge in [-0.15, -0.1) is 24.0 Å². The summed E-state index contributed by atoms with van der Waals surface area (Å²) in [6.45, 7) is 6.36. The molecule has 1 aromatic rings. The summed E-state index contributed by atoms with van der Waals surface area (Å²) in [7, 11) is 1.67. The largest absolute Gasteiger partial charge is 0.382 e. The van der Waals surface area contributed by atoms with E-state index >= 15 is 0 Å². The number of aliphatic imine (C=N–C) groups is 1. The van der Waals surface area contributed by atoms with Crippen LogP contribution in [0.15, 0.2) is 29.3 Å². The van der Waals surface area contributed by atoms with Gasteiger partial charge < -0.3 is 20.1 Å². The van der Waals surface area contributed by atoms with Crippen LogP contribution in [0.4, 0.5) is 4.39 Å². The summed E-state index contributed by atoms with van der Waals surface area (Å²) in [5, 5.41) is 6.61. The van der Waals surface area contributed by atoms with Crippen LogP contribution in [0.3, 0.4) is 0 Å². The number of nitrogens with one attached hydrogen (secondary N) is 2. The summed E-state index contributed by atoms with van der Waals surface area (Å²) >= 11 is 0. The van der Waals surface area contributed by atoms with E-state index in [1.165, 1.54) is 17.7 Å². The number of halogens is 2. The SMILES string of the molecule is CCNC(=NCC1(c2ccc(F)cc2)CC1)NCCCOCCOC.I. The number of benzene rings is 1. The quantitative estimate of drug-likeness (QED) is 0.222. The van der Waals surface area contributed by atoms with Gasteiger partial charge in [0.05, 0.1) is 19.8 Å². The fourth-order valence-electron chi connectivity index (χ4n) is 2.69. The van der Waals surface area contributed by atoms with Gasteiger partial charge in [0.1, 0.15) is 5.82 Å². The maximum Gasteiger partial charge on any atom is 0.191 e. The summed E-state index contributed by atoms with van der Waals surface area (Å²) in [5.41, 5.74) is 1.26. The van der Waals surface area contributed by atoms with E-state index in [4.69, 9.17) is 14.5 Å². The first kappa shape index (κ1) is 23.1. The number of rotatable bonds is 11. The molecule has 1 fully saturated rings. The van der Waals surface area contributed by atoms with E-state index in [0.29, 0.717) is 19.8 Å². The Kier molecular flexibility index (Phi) is 11.1. The van der Waals surface area contributed by atoms with E-state index in [-0.39, 0.29) is 35.2 Å². The van der Waals surface area contributed by atoms with Gasteiger partial charge in [-0.25, -0.2) is 4.39 Å². The van der Waals surface area contributed by atoms with Gasteiger partial charge in [-0.05, 0) is 43.9 Å². The van der Waals surface area contributed by atoms with Gasteiger partial charge in [0.15, 0.2) is 5.96 Å². The van der Waals surface area contributed by atoms with Crippen LogP contribution in [0.25, 0.3) is 0 Å². The highest BCUT2D eigenvalue weighted by molar-refractivity contribution is 14.0. The van der Waals surface area contributed by atoms with Crippen LogP contribution in [0.2, 0.25) is 0 Å². The van der Waals surface area contributed by atoms with Gasteiger partial charge in [0, 0.05) is 32.2 Å². The Morgan fingerprint density at radius 2 is 1.88 bits per heavy atom. The first-order valence-corrected chi connectivity index (χ1v) is 9.05. The second kappa shape index (κ2) is 12.5. The predicted molar refractivity (Wildman–Crippen MR) is 114 cm³/mol. The number of nitrogens with zero attached hydrogens (tertiary/aromatic N) is 1. The van der Waals surface area contributed by atoms with Crippen LogP contribution in [0.1, 0.15) is 31.7 Å². The highest BCUT2D eigenvalue weighted by Crippen LogP contribution is 2.48. The Hall–Kier alpha value is -0.930. The van der Waals surface area contributed by atoms with Crippen molar-refractivity contribution in [3.05, 3.63) is 35.6 Å². The van der Waals surface area contributed by atoms with Crippen molar-refractivity contribution < 1.29 is 13.9 Å². The minimum Gasteiger partial charge on any atom is -0.382 e. The number of hydrogen-bond acceptors (Lipinski definition) is 3. The third-order valence-corrected chi connectivity index (χ3v) is 4.38. The van der Waals surface area contributed by atoms with Gasteiger partial charge in [-0.2, -0.15) is 0 Å². The molecule has 5 nitrogen and oxygen atoms in total. The Morgan fingerprint density at radius 1 is 1.15 bits per heavy atom. The van der Waals surface area contributed by atoms with E-state index in [0.717, 1.165) is 44.9 Å². The molecule has 0 saturated heterocycles. The molecule has 0 heterocycles. The number of ether oxygens (including phenoxy) is 2. The van der Waals surface area contributed by atoms with Crippen molar-refractivity contribution in [3.8, 4) is 0 Å². The number of hydrogen-bond donors (Lipinski definition) is 2. The molecule has 1 aliphatic carbocycles. The van der Waals surface area contributed by atoms with Gasteiger partial charge in [-0.1, -0.05) is 12.1 Å². The molecule has 0 aromatic heterocycles. The highest BCUT2D eigenvalue weighted by Gasteiger charge is 2.44. The zero-order valence-corrected chi connectivity index (χ0v) is 18.1. The van der Waals surface area contributed by atoms with Gasteiger partial charge in [0.2, 0.25) is 0 Å². The molecule has 2 rings (SSSR count). The average Bonchev–Trinajstić information content (AvgIpc) is 3.40. The van der Waals surface area contributed by atoms with Crippen LogP contribution < -0.4 is 10.6 Å². The maximum atomic E-state index is 13.1. The lowest BCUT2D eigenvalue weighted by Gasteiger charge is -2.16. The third kappa shape index (κ3) is 7.75. The van der Waals surface area contributed by atoms with Crippen molar-refractivity contribution in [2.45, 2.75) is 31.6 Å². The molecule has 1 aromatic carbocycles. The Balaban J connectivity index is 0.00000338. The minimum atomic E-state index is -0.189. The summed E-state index contributed by atoms with van der Waals surface area (Å²) < 4.78 is 23.5. The molecule has 0 atom stereocenters. The lowest BCUT2D eigenvalue weighted by atomic mass is 9.96. The van der Waals surface area contributed by atoms with Gasteiger partial charge in [0.25, 0.3) is 0 Å². The molecule has 1 saturated carbocycles. The highest BCUT2D eigenvalue weighted by atomic mass is 127. The number of methoxy groups -OCH3 is 1. The average molecular weight is 479 g/mol. The van der Waals surface area contributed by atoms with Crippen molar-refractivity contribution in [1.29, 1.82) is 0 Å². The first-order valence-electron chi connectivity index (χ1n) is 9.05. The first-order chi connectivity index (χ1) is 12.2. The fourth-order valence-corrected chi connectivity index (χ4v) is 2.69. The molecule has 0 unspecified atom stereocenters. The molecule has 26 heavy (non-hydrogen) atoms. The maximum absolute atomic E-state index is 13.1. The van der Waals surface area contributed by atoms with Crippen molar-refractivity contribution in [3.63, 3.8) is 0 Å². The van der Waals surface area contributed by atoms with Crippen LogP contribution in [-0.4, -0.2) is 52.5 Å². The Bertz CT molecular complexity index is 536. The molecule has 0 spiro atoms. The fraction of sp³-hybridized carbons (Fsp3) is 0.632. The lowest BCUT2D eigenvalue weighted by molar-refractivity contribution is 0.0698. The zero-order valence-electron chi connectivity index (χ0n) is 15.7.